The number of nitrogens with zero attached hydrogens (tertiary/aromatic N) is 1. The number of ether oxygens (including phenoxy) is 2. The molecular weight excluding hydrogens is 313 g/mol. The zero-order valence-corrected chi connectivity index (χ0v) is 11.2. The third-order valence-electron chi connectivity index (χ3n) is 3.18. The second kappa shape index (κ2) is 5.83. The highest BCUT2D eigenvalue weighted by atomic mass is 19.4. The number of alkyl halides is 3. The third-order valence-corrected chi connectivity index (χ3v) is 3.18. The standard InChI is InChI=1S/C11H13F3N2O6/c1-4-2-16(10(20)15-8(4)19)9-7(22-11(12,13)14)6(18)5(3-17)21-9/h2,5-7,9,17-18H,3H2,1H3,(H,15,19,20)/t5-,6?,7?,9-/m1/s1. The van der Waals surface area contributed by atoms with E-state index in [9.17, 15) is 27.9 Å². The Kier molecular flexibility index (Phi) is 4.42. The first-order chi connectivity index (χ1) is 10.1. The number of aryl methyl sites for hydroxylation is 1. The van der Waals surface area contributed by atoms with E-state index in [1.807, 2.05) is 4.98 Å². The summed E-state index contributed by atoms with van der Waals surface area (Å²) in [5.74, 6) is 0. The lowest BCUT2D eigenvalue weighted by Crippen LogP contribution is -2.42. The number of aromatic amines is 1. The first-order valence-corrected chi connectivity index (χ1v) is 6.15. The lowest BCUT2D eigenvalue weighted by atomic mass is 10.1. The molecule has 124 valence electrons. The molecule has 0 bridgehead atoms. The molecule has 11 heteroatoms. The summed E-state index contributed by atoms with van der Waals surface area (Å²) in [5, 5.41) is 18.8. The lowest BCUT2D eigenvalue weighted by molar-refractivity contribution is -0.356. The second-order valence-electron chi connectivity index (χ2n) is 4.75. The van der Waals surface area contributed by atoms with Gasteiger partial charge in [0.2, 0.25) is 0 Å². The zero-order chi connectivity index (χ0) is 16.7. The predicted octanol–water partition coefficient (Wildman–Crippen LogP) is -0.999. The van der Waals surface area contributed by atoms with Gasteiger partial charge in [-0.1, -0.05) is 0 Å². The average molecular weight is 326 g/mol. The number of aliphatic hydroxyl groups excluding tert-OH is 2. The van der Waals surface area contributed by atoms with Gasteiger partial charge in [-0.05, 0) is 6.92 Å². The molecule has 1 aromatic heterocycles. The van der Waals surface area contributed by atoms with Crippen LogP contribution in [0.15, 0.2) is 15.8 Å². The molecule has 1 aromatic rings. The van der Waals surface area contributed by atoms with Gasteiger partial charge in [-0.25, -0.2) is 4.79 Å². The van der Waals surface area contributed by atoms with Crippen molar-refractivity contribution in [3.63, 3.8) is 0 Å². The van der Waals surface area contributed by atoms with Gasteiger partial charge < -0.3 is 14.9 Å². The molecule has 22 heavy (non-hydrogen) atoms. The molecule has 1 aliphatic heterocycles. The van der Waals surface area contributed by atoms with Gasteiger partial charge >= 0.3 is 12.1 Å². The molecule has 0 spiro atoms. The Hall–Kier alpha value is -1.69. The number of aliphatic hydroxyl groups is 2. The van der Waals surface area contributed by atoms with Crippen molar-refractivity contribution in [1.82, 2.24) is 9.55 Å². The van der Waals surface area contributed by atoms with Gasteiger partial charge in [0.1, 0.15) is 18.3 Å². The van der Waals surface area contributed by atoms with Crippen LogP contribution >= 0.6 is 0 Å². The molecule has 2 unspecified atom stereocenters. The van der Waals surface area contributed by atoms with Crippen LogP contribution in [-0.4, -0.2) is 51.0 Å². The number of hydrogen-bond donors (Lipinski definition) is 3. The Morgan fingerprint density at radius 1 is 1.45 bits per heavy atom. The van der Waals surface area contributed by atoms with Crippen molar-refractivity contribution < 1.29 is 32.9 Å². The van der Waals surface area contributed by atoms with Gasteiger partial charge in [0.15, 0.2) is 6.23 Å². The minimum Gasteiger partial charge on any atom is -0.394 e. The van der Waals surface area contributed by atoms with Crippen molar-refractivity contribution in [1.29, 1.82) is 0 Å². The topological polar surface area (TPSA) is 114 Å². The molecular formula is C11H13F3N2O6. The summed E-state index contributed by atoms with van der Waals surface area (Å²) in [4.78, 5) is 24.9. The highest BCUT2D eigenvalue weighted by molar-refractivity contribution is 5.03. The van der Waals surface area contributed by atoms with Crippen molar-refractivity contribution in [3.8, 4) is 0 Å². The summed E-state index contributed by atoms with van der Waals surface area (Å²) < 4.78 is 46.9. The highest BCUT2D eigenvalue weighted by Gasteiger charge is 2.50. The second-order valence-corrected chi connectivity index (χ2v) is 4.75. The predicted molar refractivity (Wildman–Crippen MR) is 64.0 cm³/mol. The first-order valence-electron chi connectivity index (χ1n) is 6.15. The molecule has 0 saturated carbocycles. The van der Waals surface area contributed by atoms with E-state index < -0.39 is 48.8 Å². The summed E-state index contributed by atoms with van der Waals surface area (Å²) in [6, 6.07) is 0. The number of H-pyrrole nitrogens is 1. The van der Waals surface area contributed by atoms with E-state index in [2.05, 4.69) is 4.74 Å². The average Bonchev–Trinajstić information content (AvgIpc) is 2.69. The van der Waals surface area contributed by atoms with Crippen molar-refractivity contribution in [2.45, 2.75) is 37.8 Å². The number of aromatic nitrogens is 2. The molecule has 2 heterocycles. The fraction of sp³-hybridized carbons (Fsp3) is 0.636. The van der Waals surface area contributed by atoms with Gasteiger partial charge in [0.05, 0.1) is 6.61 Å². The quantitative estimate of drug-likeness (QED) is 0.657. The maximum absolute atomic E-state index is 12.4. The van der Waals surface area contributed by atoms with E-state index >= 15 is 0 Å². The Bertz CT molecular complexity index is 654. The van der Waals surface area contributed by atoms with Crippen molar-refractivity contribution in [2.24, 2.45) is 0 Å². The fourth-order valence-corrected chi connectivity index (χ4v) is 2.15. The summed E-state index contributed by atoms with van der Waals surface area (Å²) in [7, 11) is 0. The Labute approximate surface area is 120 Å². The van der Waals surface area contributed by atoms with Gasteiger partial charge in [-0.3, -0.25) is 19.1 Å². The molecule has 0 aliphatic carbocycles. The van der Waals surface area contributed by atoms with Crippen molar-refractivity contribution in [2.75, 3.05) is 6.61 Å². The monoisotopic (exact) mass is 326 g/mol. The van der Waals surface area contributed by atoms with Crippen LogP contribution in [0.4, 0.5) is 13.2 Å². The van der Waals surface area contributed by atoms with Crippen LogP contribution in [0, 0.1) is 6.92 Å². The van der Waals surface area contributed by atoms with Crippen LogP contribution in [0.5, 0.6) is 0 Å². The van der Waals surface area contributed by atoms with Gasteiger partial charge in [0.25, 0.3) is 5.56 Å². The third kappa shape index (κ3) is 3.21. The van der Waals surface area contributed by atoms with E-state index in [0.29, 0.717) is 4.57 Å². The van der Waals surface area contributed by atoms with Gasteiger partial charge in [-0.15, -0.1) is 13.2 Å². The minimum absolute atomic E-state index is 0.0518. The maximum atomic E-state index is 12.4. The normalized spacial score (nSPS) is 29.0. The van der Waals surface area contributed by atoms with E-state index in [0.717, 1.165) is 6.20 Å². The van der Waals surface area contributed by atoms with Crippen LogP contribution in [0.2, 0.25) is 0 Å². The van der Waals surface area contributed by atoms with E-state index in [4.69, 9.17) is 9.84 Å². The molecule has 3 N–H and O–H groups in total. The van der Waals surface area contributed by atoms with Crippen LogP contribution in [-0.2, 0) is 9.47 Å². The lowest BCUT2D eigenvalue weighted by Gasteiger charge is -2.23. The number of rotatable bonds is 3. The SMILES string of the molecule is Cc1cn([C@@H]2O[C@H](CO)C(O)C2OC(F)(F)F)c(=O)[nH]c1=O. The van der Waals surface area contributed by atoms with Crippen LogP contribution < -0.4 is 11.2 Å². The van der Waals surface area contributed by atoms with E-state index in [1.165, 1.54) is 6.92 Å². The first kappa shape index (κ1) is 16.7. The van der Waals surface area contributed by atoms with E-state index in [1.54, 1.807) is 0 Å². The maximum Gasteiger partial charge on any atom is 0.523 e. The van der Waals surface area contributed by atoms with E-state index in [-0.39, 0.29) is 5.56 Å². The molecule has 0 aromatic carbocycles. The Balaban J connectivity index is 2.44. The summed E-state index contributed by atoms with van der Waals surface area (Å²) >= 11 is 0. The number of halogens is 3. The fourth-order valence-electron chi connectivity index (χ4n) is 2.15. The number of nitrogens with one attached hydrogen (secondary N) is 1. The Morgan fingerprint density at radius 2 is 2.09 bits per heavy atom. The summed E-state index contributed by atoms with van der Waals surface area (Å²) in [5.41, 5.74) is -1.68. The highest BCUT2D eigenvalue weighted by Crippen LogP contribution is 2.34. The number of hydrogen-bond acceptors (Lipinski definition) is 6. The summed E-state index contributed by atoms with van der Waals surface area (Å²) in [6.45, 7) is 0.565. The molecule has 1 aliphatic rings. The molecule has 0 amide bonds. The molecule has 2 rings (SSSR count). The molecule has 0 radical (unpaired) electrons. The van der Waals surface area contributed by atoms with Gasteiger partial charge in [-0.2, -0.15) is 0 Å². The zero-order valence-electron chi connectivity index (χ0n) is 11.2. The molecule has 8 nitrogen and oxygen atoms in total. The molecule has 4 atom stereocenters. The van der Waals surface area contributed by atoms with Crippen molar-refractivity contribution >= 4 is 0 Å². The Morgan fingerprint density at radius 3 is 2.64 bits per heavy atom. The van der Waals surface area contributed by atoms with Gasteiger partial charge in [0, 0.05) is 11.8 Å². The smallest absolute Gasteiger partial charge is 0.394 e. The molecule has 1 saturated heterocycles. The minimum atomic E-state index is -5.08. The summed E-state index contributed by atoms with van der Waals surface area (Å²) in [6.07, 6.45) is -10.9. The molecule has 1 fully saturated rings. The van der Waals surface area contributed by atoms with Crippen LogP contribution in [0.1, 0.15) is 11.8 Å². The van der Waals surface area contributed by atoms with Crippen LogP contribution in [0.25, 0.3) is 0 Å². The van der Waals surface area contributed by atoms with Crippen LogP contribution in [0.3, 0.4) is 0 Å². The largest absolute Gasteiger partial charge is 0.523 e. The van der Waals surface area contributed by atoms with Crippen molar-refractivity contribution in [3.05, 3.63) is 32.6 Å².